The smallest absolute Gasteiger partial charge is 0.220 e. The summed E-state index contributed by atoms with van der Waals surface area (Å²) >= 11 is 0. The van der Waals surface area contributed by atoms with Crippen molar-refractivity contribution in [3.63, 3.8) is 0 Å². The van der Waals surface area contributed by atoms with Crippen LogP contribution < -0.4 is 5.32 Å². The summed E-state index contributed by atoms with van der Waals surface area (Å²) in [6, 6.07) is -0.529. The zero-order valence-electron chi connectivity index (χ0n) is 35.9. The molecule has 2 atom stereocenters. The van der Waals surface area contributed by atoms with Gasteiger partial charge in [0, 0.05) is 6.42 Å². The average molecular weight is 736 g/mol. The molecule has 4 heteroatoms. The number of nitrogens with one attached hydrogen (secondary N) is 1. The fraction of sp³-hybridized carbons (Fsp3) is 0.979. The lowest BCUT2D eigenvalue weighted by atomic mass is 10.0. The van der Waals surface area contributed by atoms with E-state index in [0.717, 1.165) is 25.7 Å². The van der Waals surface area contributed by atoms with Crippen molar-refractivity contribution in [2.24, 2.45) is 0 Å². The number of aliphatic hydroxyl groups excluding tert-OH is 2. The first-order valence-electron chi connectivity index (χ1n) is 24.2. The number of unbranched alkanes of at least 4 members (excludes halogenated alkanes) is 38. The minimum atomic E-state index is -0.653. The van der Waals surface area contributed by atoms with Gasteiger partial charge in [0.2, 0.25) is 5.91 Å². The van der Waals surface area contributed by atoms with Crippen molar-refractivity contribution in [3.05, 3.63) is 0 Å². The number of carbonyl (C=O) groups excluding carboxylic acids is 1. The van der Waals surface area contributed by atoms with E-state index in [4.69, 9.17) is 0 Å². The Labute approximate surface area is 327 Å². The van der Waals surface area contributed by atoms with Crippen LogP contribution in [0.1, 0.15) is 284 Å². The number of hydrogen-bond donors (Lipinski definition) is 3. The van der Waals surface area contributed by atoms with E-state index < -0.39 is 12.1 Å². The first-order valence-corrected chi connectivity index (χ1v) is 24.2. The van der Waals surface area contributed by atoms with Crippen molar-refractivity contribution in [1.29, 1.82) is 0 Å². The summed E-state index contributed by atoms with van der Waals surface area (Å²) in [4.78, 5) is 12.4. The van der Waals surface area contributed by atoms with Crippen LogP contribution >= 0.6 is 0 Å². The molecule has 0 heterocycles. The van der Waals surface area contributed by atoms with Crippen LogP contribution in [-0.2, 0) is 4.79 Å². The highest BCUT2D eigenvalue weighted by molar-refractivity contribution is 5.76. The molecule has 4 nitrogen and oxygen atoms in total. The summed E-state index contributed by atoms with van der Waals surface area (Å²) in [5, 5.41) is 23.2. The highest BCUT2D eigenvalue weighted by Gasteiger charge is 2.20. The van der Waals surface area contributed by atoms with E-state index in [1.165, 1.54) is 231 Å². The van der Waals surface area contributed by atoms with Gasteiger partial charge < -0.3 is 15.5 Å². The highest BCUT2D eigenvalue weighted by atomic mass is 16.3. The van der Waals surface area contributed by atoms with E-state index in [0.29, 0.717) is 12.8 Å². The van der Waals surface area contributed by atoms with Crippen molar-refractivity contribution < 1.29 is 15.0 Å². The Balaban J connectivity index is 3.42. The predicted molar refractivity (Wildman–Crippen MR) is 230 cm³/mol. The molecule has 3 N–H and O–H groups in total. The largest absolute Gasteiger partial charge is 0.394 e. The summed E-state index contributed by atoms with van der Waals surface area (Å²) in [5.41, 5.74) is 0. The van der Waals surface area contributed by atoms with Crippen molar-refractivity contribution in [1.82, 2.24) is 5.32 Å². The molecule has 1 amide bonds. The van der Waals surface area contributed by atoms with Gasteiger partial charge >= 0.3 is 0 Å². The average Bonchev–Trinajstić information content (AvgIpc) is 3.15. The molecule has 0 aromatic carbocycles. The van der Waals surface area contributed by atoms with Gasteiger partial charge in [-0.25, -0.2) is 0 Å². The molecule has 52 heavy (non-hydrogen) atoms. The Morgan fingerprint density at radius 2 is 0.615 bits per heavy atom. The van der Waals surface area contributed by atoms with Crippen LogP contribution in [0.3, 0.4) is 0 Å². The lowest BCUT2D eigenvalue weighted by Gasteiger charge is -2.22. The molecule has 0 aliphatic rings. The zero-order chi connectivity index (χ0) is 37.8. The van der Waals surface area contributed by atoms with Gasteiger partial charge in [-0.3, -0.25) is 4.79 Å². The lowest BCUT2D eigenvalue weighted by Crippen LogP contribution is -2.45. The van der Waals surface area contributed by atoms with Crippen LogP contribution in [0.4, 0.5) is 0 Å². The van der Waals surface area contributed by atoms with Gasteiger partial charge in [0.15, 0.2) is 0 Å². The second-order valence-corrected chi connectivity index (χ2v) is 16.9. The molecule has 0 radical (unpaired) electrons. The monoisotopic (exact) mass is 736 g/mol. The molecule has 2 unspecified atom stereocenters. The van der Waals surface area contributed by atoms with Crippen molar-refractivity contribution in [2.75, 3.05) is 6.61 Å². The molecule has 0 aromatic heterocycles. The molecule has 0 aliphatic heterocycles. The molecule has 0 aliphatic carbocycles. The van der Waals surface area contributed by atoms with Gasteiger partial charge in [0.25, 0.3) is 0 Å². The molecule has 0 rings (SSSR count). The number of amides is 1. The third kappa shape index (κ3) is 40.6. The minimum Gasteiger partial charge on any atom is -0.394 e. The molecule has 0 aromatic rings. The summed E-state index contributed by atoms with van der Waals surface area (Å²) in [5.74, 6) is -0.0254. The van der Waals surface area contributed by atoms with Gasteiger partial charge in [-0.15, -0.1) is 0 Å². The van der Waals surface area contributed by atoms with Crippen LogP contribution in [0, 0.1) is 0 Å². The minimum absolute atomic E-state index is 0.0254. The maximum absolute atomic E-state index is 12.4. The topological polar surface area (TPSA) is 69.6 Å². The quantitative estimate of drug-likeness (QED) is 0.0545. The van der Waals surface area contributed by atoms with Crippen molar-refractivity contribution in [2.45, 2.75) is 296 Å². The summed E-state index contributed by atoms with van der Waals surface area (Å²) in [6.45, 7) is 4.39. The van der Waals surface area contributed by atoms with Gasteiger partial charge in [-0.2, -0.15) is 0 Å². The van der Waals surface area contributed by atoms with E-state index >= 15 is 0 Å². The summed E-state index contributed by atoms with van der Waals surface area (Å²) < 4.78 is 0. The normalized spacial score (nSPS) is 12.8. The van der Waals surface area contributed by atoms with Gasteiger partial charge in [0.05, 0.1) is 18.8 Å². The standard InChI is InChI=1S/C48H97NO3/c1-3-5-7-9-11-13-15-17-19-20-21-22-23-24-25-26-27-28-30-31-33-35-37-39-41-43-47(51)46(45-50)49-48(52)44-42-40-38-36-34-32-29-18-16-14-12-10-8-6-4-2/h46-47,50-51H,3-45H2,1-2H3,(H,49,52). The van der Waals surface area contributed by atoms with Crippen molar-refractivity contribution >= 4 is 5.91 Å². The van der Waals surface area contributed by atoms with Gasteiger partial charge in [-0.05, 0) is 12.8 Å². The van der Waals surface area contributed by atoms with Crippen LogP contribution in [0.2, 0.25) is 0 Å². The van der Waals surface area contributed by atoms with Crippen LogP contribution in [0.5, 0.6) is 0 Å². The number of hydrogen-bond acceptors (Lipinski definition) is 3. The number of aliphatic hydroxyl groups is 2. The number of rotatable bonds is 45. The lowest BCUT2D eigenvalue weighted by molar-refractivity contribution is -0.123. The second-order valence-electron chi connectivity index (χ2n) is 16.9. The Morgan fingerprint density at radius 1 is 0.385 bits per heavy atom. The van der Waals surface area contributed by atoms with Crippen LogP contribution in [0.15, 0.2) is 0 Å². The molecule has 0 bridgehead atoms. The maximum Gasteiger partial charge on any atom is 0.220 e. The summed E-state index contributed by atoms with van der Waals surface area (Å²) in [6.07, 6.45) is 54.9. The van der Waals surface area contributed by atoms with E-state index in [2.05, 4.69) is 19.2 Å². The Kier molecular flexibility index (Phi) is 44.3. The fourth-order valence-electron chi connectivity index (χ4n) is 7.89. The molecular formula is C48H97NO3. The SMILES string of the molecule is CCCCCCCCCCCCCCCCCCCCCCCCCCCC(O)C(CO)NC(=O)CCCCCCCCCCCCCCCCC. The maximum atomic E-state index is 12.4. The van der Waals surface area contributed by atoms with E-state index in [1.807, 2.05) is 0 Å². The highest BCUT2D eigenvalue weighted by Crippen LogP contribution is 2.17. The van der Waals surface area contributed by atoms with E-state index in [1.54, 1.807) is 0 Å². The molecule has 0 saturated heterocycles. The first kappa shape index (κ1) is 51.4. The molecule has 0 fully saturated rings. The molecule has 0 spiro atoms. The summed E-state index contributed by atoms with van der Waals surface area (Å²) in [7, 11) is 0. The fourth-order valence-corrected chi connectivity index (χ4v) is 7.89. The predicted octanol–water partition coefficient (Wildman–Crippen LogP) is 15.2. The first-order chi connectivity index (χ1) is 25.7. The van der Waals surface area contributed by atoms with E-state index in [-0.39, 0.29) is 12.5 Å². The molecular weight excluding hydrogens is 639 g/mol. The van der Waals surface area contributed by atoms with Gasteiger partial charge in [-0.1, -0.05) is 264 Å². The number of carbonyl (C=O) groups is 1. The third-order valence-electron chi connectivity index (χ3n) is 11.6. The molecule has 312 valence electrons. The second kappa shape index (κ2) is 44.8. The third-order valence-corrected chi connectivity index (χ3v) is 11.6. The molecule has 0 saturated carbocycles. The Morgan fingerprint density at radius 3 is 0.865 bits per heavy atom. The van der Waals surface area contributed by atoms with Crippen LogP contribution in [-0.4, -0.2) is 34.9 Å². The Bertz CT molecular complexity index is 670. The Hall–Kier alpha value is -0.610. The van der Waals surface area contributed by atoms with Crippen LogP contribution in [0.25, 0.3) is 0 Å². The van der Waals surface area contributed by atoms with Gasteiger partial charge in [0.1, 0.15) is 0 Å². The van der Waals surface area contributed by atoms with E-state index in [9.17, 15) is 15.0 Å². The van der Waals surface area contributed by atoms with Crippen molar-refractivity contribution in [3.8, 4) is 0 Å². The zero-order valence-corrected chi connectivity index (χ0v) is 35.9.